The molecule has 0 saturated carbocycles. The van der Waals surface area contributed by atoms with Crippen LogP contribution in [0.2, 0.25) is 0 Å². The maximum Gasteiger partial charge on any atom is 0.416 e. The molecule has 0 unspecified atom stereocenters. The molecule has 0 spiro atoms. The summed E-state index contributed by atoms with van der Waals surface area (Å²) in [4.78, 5) is 13.6. The first kappa shape index (κ1) is 24.0. The zero-order chi connectivity index (χ0) is 25.1. The van der Waals surface area contributed by atoms with E-state index in [-0.39, 0.29) is 0 Å². The van der Waals surface area contributed by atoms with E-state index in [0.717, 1.165) is 50.5 Å². The topological polar surface area (TPSA) is 62.1 Å². The summed E-state index contributed by atoms with van der Waals surface area (Å²) in [6, 6.07) is 16.6. The van der Waals surface area contributed by atoms with Gasteiger partial charge in [0.25, 0.3) is 0 Å². The summed E-state index contributed by atoms with van der Waals surface area (Å²) in [6.07, 6.45) is -1.14. The van der Waals surface area contributed by atoms with Crippen molar-refractivity contribution in [2.75, 3.05) is 38.5 Å². The second-order valence-corrected chi connectivity index (χ2v) is 8.86. The third kappa shape index (κ3) is 5.72. The van der Waals surface area contributed by atoms with Crippen molar-refractivity contribution in [3.8, 4) is 17.1 Å². The largest absolute Gasteiger partial charge is 0.416 e. The Labute approximate surface area is 207 Å². The van der Waals surface area contributed by atoms with Crippen LogP contribution in [0.4, 0.5) is 24.8 Å². The molecule has 1 aliphatic heterocycles. The molecular formula is C26H26F3N7. The number of benzene rings is 2. The predicted molar refractivity (Wildman–Crippen MR) is 132 cm³/mol. The van der Waals surface area contributed by atoms with Gasteiger partial charge in [-0.1, -0.05) is 24.3 Å². The van der Waals surface area contributed by atoms with Crippen LogP contribution in [0.15, 0.2) is 73.1 Å². The summed E-state index contributed by atoms with van der Waals surface area (Å²) in [5.74, 6) is 0.896. The second-order valence-electron chi connectivity index (χ2n) is 8.86. The maximum absolute atomic E-state index is 13.1. The smallest absolute Gasteiger partial charge is 0.324 e. The highest BCUT2D eigenvalue weighted by Gasteiger charge is 2.30. The lowest BCUT2D eigenvalue weighted by atomic mass is 10.1. The molecule has 4 aromatic rings. The average Bonchev–Trinajstić information content (AvgIpc) is 3.37. The van der Waals surface area contributed by atoms with Crippen molar-refractivity contribution in [1.29, 1.82) is 0 Å². The van der Waals surface area contributed by atoms with Crippen LogP contribution in [0.1, 0.15) is 11.1 Å². The fourth-order valence-electron chi connectivity index (χ4n) is 4.08. The molecule has 186 valence electrons. The van der Waals surface area contributed by atoms with Crippen molar-refractivity contribution in [2.24, 2.45) is 0 Å². The Morgan fingerprint density at radius 1 is 0.944 bits per heavy atom. The van der Waals surface area contributed by atoms with Crippen molar-refractivity contribution >= 4 is 11.6 Å². The Morgan fingerprint density at radius 2 is 1.72 bits per heavy atom. The zero-order valence-corrected chi connectivity index (χ0v) is 19.8. The molecule has 1 saturated heterocycles. The molecule has 0 atom stereocenters. The molecule has 0 amide bonds. The molecule has 36 heavy (non-hydrogen) atoms. The molecule has 0 bridgehead atoms. The number of nitrogens with zero attached hydrogens (tertiary/aromatic N) is 6. The van der Waals surface area contributed by atoms with Crippen LogP contribution in [-0.4, -0.2) is 62.8 Å². The summed E-state index contributed by atoms with van der Waals surface area (Å²) in [6.45, 7) is 5.24. The third-order valence-electron chi connectivity index (χ3n) is 6.16. The van der Waals surface area contributed by atoms with Gasteiger partial charge in [0.1, 0.15) is 0 Å². The molecule has 5 rings (SSSR count). The number of nitrogens with one attached hydrogen (secondary N) is 1. The van der Waals surface area contributed by atoms with Gasteiger partial charge in [0.2, 0.25) is 5.95 Å². The van der Waals surface area contributed by atoms with Gasteiger partial charge in [0.15, 0.2) is 5.82 Å². The van der Waals surface area contributed by atoms with Crippen molar-refractivity contribution in [1.82, 2.24) is 29.5 Å². The average molecular weight is 494 g/mol. The summed E-state index contributed by atoms with van der Waals surface area (Å²) in [7, 11) is 2.15. The van der Waals surface area contributed by atoms with Gasteiger partial charge in [-0.3, -0.25) is 4.90 Å². The standard InChI is InChI=1S/C26H26F3N7/c1-34-13-15-35(16-14-34)18-19-5-7-22(8-6-19)31-25-30-11-9-24(32-25)36-12-10-23(33-36)20-3-2-4-21(17-20)26(27,28)29/h2-12,17H,13-16,18H2,1H3,(H,30,31,32). The minimum Gasteiger partial charge on any atom is -0.324 e. The zero-order valence-electron chi connectivity index (χ0n) is 19.8. The van der Waals surface area contributed by atoms with Crippen LogP contribution in [-0.2, 0) is 12.7 Å². The van der Waals surface area contributed by atoms with E-state index in [4.69, 9.17) is 0 Å². The SMILES string of the molecule is CN1CCN(Cc2ccc(Nc3nccc(-n4ccc(-c5cccc(C(F)(F)F)c5)n4)n3)cc2)CC1. The maximum atomic E-state index is 13.1. The lowest BCUT2D eigenvalue weighted by Gasteiger charge is -2.32. The quantitative estimate of drug-likeness (QED) is 0.415. The summed E-state index contributed by atoms with van der Waals surface area (Å²) in [5, 5.41) is 7.62. The number of aromatic nitrogens is 4. The Morgan fingerprint density at radius 3 is 2.47 bits per heavy atom. The van der Waals surface area contributed by atoms with Gasteiger partial charge in [-0.25, -0.2) is 9.67 Å². The number of halogens is 3. The monoisotopic (exact) mass is 493 g/mol. The van der Waals surface area contributed by atoms with Crippen LogP contribution in [0.25, 0.3) is 17.1 Å². The first-order valence-electron chi connectivity index (χ1n) is 11.7. The molecule has 0 radical (unpaired) electrons. The number of rotatable bonds is 6. The van der Waals surface area contributed by atoms with E-state index in [0.29, 0.717) is 23.0 Å². The Bertz CT molecular complexity index is 1310. The van der Waals surface area contributed by atoms with E-state index < -0.39 is 11.7 Å². The fraction of sp³-hybridized carbons (Fsp3) is 0.269. The Hall–Kier alpha value is -3.76. The molecule has 1 aliphatic rings. The van der Waals surface area contributed by atoms with Gasteiger partial charge >= 0.3 is 6.18 Å². The Balaban J connectivity index is 1.26. The van der Waals surface area contributed by atoms with E-state index >= 15 is 0 Å². The molecule has 1 N–H and O–H groups in total. The summed E-state index contributed by atoms with van der Waals surface area (Å²) in [5.41, 5.74) is 2.20. The third-order valence-corrected chi connectivity index (χ3v) is 6.16. The van der Waals surface area contributed by atoms with E-state index in [9.17, 15) is 13.2 Å². The van der Waals surface area contributed by atoms with Crippen molar-refractivity contribution in [2.45, 2.75) is 12.7 Å². The predicted octanol–water partition coefficient (Wildman–Crippen LogP) is 4.84. The van der Waals surface area contributed by atoms with E-state index in [1.54, 1.807) is 30.6 Å². The molecular weight excluding hydrogens is 467 g/mol. The van der Waals surface area contributed by atoms with Crippen LogP contribution >= 0.6 is 0 Å². The highest BCUT2D eigenvalue weighted by Crippen LogP contribution is 2.31. The first-order chi connectivity index (χ1) is 17.3. The number of hydrogen-bond donors (Lipinski definition) is 1. The summed E-state index contributed by atoms with van der Waals surface area (Å²) >= 11 is 0. The van der Waals surface area contributed by atoms with Gasteiger partial charge < -0.3 is 10.2 Å². The molecule has 2 aromatic heterocycles. The minimum atomic E-state index is -4.41. The molecule has 0 aliphatic carbocycles. The van der Waals surface area contributed by atoms with Gasteiger partial charge in [-0.2, -0.15) is 23.3 Å². The molecule has 10 heteroatoms. The van der Waals surface area contributed by atoms with Gasteiger partial charge in [-0.15, -0.1) is 0 Å². The lowest BCUT2D eigenvalue weighted by molar-refractivity contribution is -0.137. The fourth-order valence-corrected chi connectivity index (χ4v) is 4.08. The first-order valence-corrected chi connectivity index (χ1v) is 11.7. The molecule has 3 heterocycles. The van der Waals surface area contributed by atoms with E-state index in [2.05, 4.69) is 49.4 Å². The van der Waals surface area contributed by atoms with Crippen LogP contribution in [0.5, 0.6) is 0 Å². The number of likely N-dealkylation sites (N-methyl/N-ethyl adjacent to an activating group) is 1. The minimum absolute atomic E-state index is 0.382. The molecule has 1 fully saturated rings. The van der Waals surface area contributed by atoms with Crippen LogP contribution < -0.4 is 5.32 Å². The van der Waals surface area contributed by atoms with Crippen molar-refractivity contribution in [3.05, 3.63) is 84.2 Å². The second kappa shape index (κ2) is 10.1. The highest BCUT2D eigenvalue weighted by atomic mass is 19.4. The van der Waals surface area contributed by atoms with E-state index in [1.165, 1.54) is 16.3 Å². The normalized spacial score (nSPS) is 15.2. The van der Waals surface area contributed by atoms with Crippen molar-refractivity contribution in [3.63, 3.8) is 0 Å². The van der Waals surface area contributed by atoms with Crippen LogP contribution in [0, 0.1) is 0 Å². The lowest BCUT2D eigenvalue weighted by Crippen LogP contribution is -2.43. The Kier molecular flexibility index (Phi) is 6.71. The number of piperazine rings is 1. The summed E-state index contributed by atoms with van der Waals surface area (Å²) < 4.78 is 40.7. The number of alkyl halides is 3. The van der Waals surface area contributed by atoms with Gasteiger partial charge in [-0.05, 0) is 42.9 Å². The van der Waals surface area contributed by atoms with Crippen LogP contribution in [0.3, 0.4) is 0 Å². The van der Waals surface area contributed by atoms with E-state index in [1.807, 2.05) is 12.1 Å². The van der Waals surface area contributed by atoms with Crippen molar-refractivity contribution < 1.29 is 13.2 Å². The van der Waals surface area contributed by atoms with Gasteiger partial charge in [0.05, 0.1) is 11.3 Å². The molecule has 7 nitrogen and oxygen atoms in total. The van der Waals surface area contributed by atoms with Gasteiger partial charge in [0, 0.05) is 62.4 Å². The highest BCUT2D eigenvalue weighted by molar-refractivity contribution is 5.60. The number of hydrogen-bond acceptors (Lipinski definition) is 6. The molecule has 2 aromatic carbocycles. The number of anilines is 2.